The lowest BCUT2D eigenvalue weighted by Crippen LogP contribution is -2.42. The molecule has 18 heavy (non-hydrogen) atoms. The summed E-state index contributed by atoms with van der Waals surface area (Å²) in [7, 11) is 3.18. The number of aryl methyl sites for hydroxylation is 1. The Morgan fingerprint density at radius 2 is 2.17 bits per heavy atom. The van der Waals surface area contributed by atoms with Gasteiger partial charge in [-0.2, -0.15) is 0 Å². The van der Waals surface area contributed by atoms with Gasteiger partial charge >= 0.3 is 0 Å². The molecule has 2 rings (SSSR count). The van der Waals surface area contributed by atoms with Crippen LogP contribution in [0.15, 0.2) is 18.2 Å². The summed E-state index contributed by atoms with van der Waals surface area (Å²) in [6, 6.07) is 5.90. The first kappa shape index (κ1) is 12.9. The van der Waals surface area contributed by atoms with Crippen molar-refractivity contribution in [1.29, 1.82) is 0 Å². The Morgan fingerprint density at radius 3 is 2.83 bits per heavy atom. The summed E-state index contributed by atoms with van der Waals surface area (Å²) < 4.78 is 10.5. The fraction of sp³-hybridized carbons (Fsp3) is 0.500. The highest BCUT2D eigenvalue weighted by Gasteiger charge is 2.28. The van der Waals surface area contributed by atoms with Gasteiger partial charge < -0.3 is 14.4 Å². The number of hydrogen-bond acceptors (Lipinski definition) is 3. The number of anilines is 1. The van der Waals surface area contributed by atoms with E-state index < -0.39 is 6.10 Å². The second-order valence-corrected chi connectivity index (χ2v) is 4.44. The number of fused-ring (bicyclic) bond motifs is 1. The molecule has 1 amide bonds. The van der Waals surface area contributed by atoms with Crippen LogP contribution in [0.5, 0.6) is 5.75 Å². The van der Waals surface area contributed by atoms with Gasteiger partial charge in [0, 0.05) is 13.7 Å². The molecule has 1 atom stereocenters. The average molecular weight is 249 g/mol. The number of rotatable bonds is 3. The van der Waals surface area contributed by atoms with Crippen molar-refractivity contribution >= 4 is 11.6 Å². The largest absolute Gasteiger partial charge is 0.495 e. The molecule has 0 saturated carbocycles. The van der Waals surface area contributed by atoms with E-state index in [1.807, 2.05) is 12.1 Å². The monoisotopic (exact) mass is 249 g/mol. The van der Waals surface area contributed by atoms with Gasteiger partial charge in [-0.25, -0.2) is 0 Å². The molecule has 0 spiro atoms. The van der Waals surface area contributed by atoms with Crippen LogP contribution in [-0.2, 0) is 16.0 Å². The minimum Gasteiger partial charge on any atom is -0.495 e. The lowest BCUT2D eigenvalue weighted by atomic mass is 10.0. The summed E-state index contributed by atoms with van der Waals surface area (Å²) in [6.07, 6.45) is 1.53. The van der Waals surface area contributed by atoms with Crippen LogP contribution in [0.25, 0.3) is 0 Å². The molecule has 0 fully saturated rings. The third kappa shape index (κ3) is 2.20. The Kier molecular flexibility index (Phi) is 3.87. The number of ether oxygens (including phenoxy) is 2. The SMILES string of the molecule is COc1cccc2c1N(C(=O)C(C)OC)CCC2. The number of amides is 1. The third-order valence-corrected chi connectivity index (χ3v) is 3.37. The highest BCUT2D eigenvalue weighted by atomic mass is 16.5. The first-order valence-corrected chi connectivity index (χ1v) is 6.19. The third-order valence-electron chi connectivity index (χ3n) is 3.37. The summed E-state index contributed by atoms with van der Waals surface area (Å²) in [4.78, 5) is 14.1. The number of hydrogen-bond donors (Lipinski definition) is 0. The van der Waals surface area contributed by atoms with Gasteiger partial charge in [-0.05, 0) is 31.4 Å². The molecule has 1 heterocycles. The normalized spacial score (nSPS) is 16.1. The van der Waals surface area contributed by atoms with Crippen molar-refractivity contribution in [3.63, 3.8) is 0 Å². The molecule has 1 unspecified atom stereocenters. The molecule has 4 nitrogen and oxygen atoms in total. The fourth-order valence-electron chi connectivity index (χ4n) is 2.32. The first-order valence-electron chi connectivity index (χ1n) is 6.19. The minimum absolute atomic E-state index is 0.0112. The number of methoxy groups -OCH3 is 2. The average Bonchev–Trinajstić information content (AvgIpc) is 2.44. The highest BCUT2D eigenvalue weighted by molar-refractivity contribution is 5.98. The summed E-state index contributed by atoms with van der Waals surface area (Å²) in [5.41, 5.74) is 2.07. The maximum absolute atomic E-state index is 12.3. The standard InChI is InChI=1S/C14H19NO3/c1-10(17-2)14(16)15-9-5-7-11-6-4-8-12(18-3)13(11)15/h4,6,8,10H,5,7,9H2,1-3H3. The van der Waals surface area contributed by atoms with Crippen molar-refractivity contribution in [2.45, 2.75) is 25.9 Å². The van der Waals surface area contributed by atoms with Crippen LogP contribution in [-0.4, -0.2) is 32.8 Å². The van der Waals surface area contributed by atoms with E-state index in [-0.39, 0.29) is 5.91 Å². The maximum atomic E-state index is 12.3. The predicted molar refractivity (Wildman–Crippen MR) is 70.1 cm³/mol. The highest BCUT2D eigenvalue weighted by Crippen LogP contribution is 2.36. The van der Waals surface area contributed by atoms with Crippen LogP contribution in [0.2, 0.25) is 0 Å². The van der Waals surface area contributed by atoms with Crippen molar-refractivity contribution in [1.82, 2.24) is 0 Å². The topological polar surface area (TPSA) is 38.8 Å². The van der Waals surface area contributed by atoms with Crippen molar-refractivity contribution in [3.05, 3.63) is 23.8 Å². The van der Waals surface area contributed by atoms with Gasteiger partial charge in [-0.15, -0.1) is 0 Å². The number of benzene rings is 1. The molecular formula is C14H19NO3. The smallest absolute Gasteiger partial charge is 0.255 e. The van der Waals surface area contributed by atoms with Crippen LogP contribution >= 0.6 is 0 Å². The van der Waals surface area contributed by atoms with E-state index >= 15 is 0 Å². The lowest BCUT2D eigenvalue weighted by molar-refractivity contribution is -0.127. The van der Waals surface area contributed by atoms with E-state index in [1.54, 1.807) is 26.0 Å². The lowest BCUT2D eigenvalue weighted by Gasteiger charge is -2.32. The Labute approximate surface area is 107 Å². The zero-order valence-electron chi connectivity index (χ0n) is 11.1. The molecule has 1 aliphatic heterocycles. The van der Waals surface area contributed by atoms with Gasteiger partial charge in [0.15, 0.2) is 0 Å². The molecule has 1 aromatic rings. The Hall–Kier alpha value is -1.55. The summed E-state index contributed by atoms with van der Waals surface area (Å²) in [5, 5.41) is 0. The van der Waals surface area contributed by atoms with Crippen molar-refractivity contribution < 1.29 is 14.3 Å². The van der Waals surface area contributed by atoms with E-state index in [2.05, 4.69) is 6.07 Å². The molecule has 0 aliphatic carbocycles. The number of carbonyl (C=O) groups excluding carboxylic acids is 1. The molecule has 98 valence electrons. The zero-order valence-corrected chi connectivity index (χ0v) is 11.1. The van der Waals surface area contributed by atoms with Gasteiger partial charge in [0.25, 0.3) is 5.91 Å². The summed E-state index contributed by atoms with van der Waals surface area (Å²) in [6.45, 7) is 2.49. The molecular weight excluding hydrogens is 230 g/mol. The predicted octanol–water partition coefficient (Wildman–Crippen LogP) is 2.01. The first-order chi connectivity index (χ1) is 8.69. The van der Waals surface area contributed by atoms with E-state index in [0.29, 0.717) is 0 Å². The quantitative estimate of drug-likeness (QED) is 0.822. The number of nitrogens with zero attached hydrogens (tertiary/aromatic N) is 1. The minimum atomic E-state index is -0.430. The Balaban J connectivity index is 2.40. The van der Waals surface area contributed by atoms with Gasteiger partial charge in [0.2, 0.25) is 0 Å². The second-order valence-electron chi connectivity index (χ2n) is 4.44. The molecule has 0 bridgehead atoms. The zero-order chi connectivity index (χ0) is 13.1. The van der Waals surface area contributed by atoms with Gasteiger partial charge in [0.05, 0.1) is 12.8 Å². The maximum Gasteiger partial charge on any atom is 0.255 e. The second kappa shape index (κ2) is 5.40. The van der Waals surface area contributed by atoms with Crippen LogP contribution in [0.3, 0.4) is 0 Å². The number of carbonyl (C=O) groups is 1. The fourth-order valence-corrected chi connectivity index (χ4v) is 2.32. The molecule has 4 heteroatoms. The van der Waals surface area contributed by atoms with Crippen molar-refractivity contribution in [3.8, 4) is 5.75 Å². The van der Waals surface area contributed by atoms with Crippen LogP contribution in [0.1, 0.15) is 18.9 Å². The van der Waals surface area contributed by atoms with E-state index in [1.165, 1.54) is 0 Å². The molecule has 0 saturated heterocycles. The van der Waals surface area contributed by atoms with Crippen LogP contribution < -0.4 is 9.64 Å². The van der Waals surface area contributed by atoms with E-state index in [9.17, 15) is 4.79 Å². The van der Waals surface area contributed by atoms with Crippen molar-refractivity contribution in [2.24, 2.45) is 0 Å². The van der Waals surface area contributed by atoms with Gasteiger partial charge in [0.1, 0.15) is 11.9 Å². The van der Waals surface area contributed by atoms with Gasteiger partial charge in [-0.3, -0.25) is 4.79 Å². The Bertz CT molecular complexity index is 430. The molecule has 0 aromatic heterocycles. The molecule has 0 radical (unpaired) electrons. The van der Waals surface area contributed by atoms with Crippen molar-refractivity contribution in [2.75, 3.05) is 25.7 Å². The van der Waals surface area contributed by atoms with Crippen LogP contribution in [0.4, 0.5) is 5.69 Å². The van der Waals surface area contributed by atoms with E-state index in [0.717, 1.165) is 36.4 Å². The molecule has 1 aromatic carbocycles. The van der Waals surface area contributed by atoms with Crippen LogP contribution in [0, 0.1) is 0 Å². The van der Waals surface area contributed by atoms with Gasteiger partial charge in [-0.1, -0.05) is 12.1 Å². The number of para-hydroxylation sites is 1. The summed E-state index contributed by atoms with van der Waals surface area (Å²) in [5.74, 6) is 0.742. The molecule has 0 N–H and O–H groups in total. The molecule has 1 aliphatic rings. The Morgan fingerprint density at radius 1 is 1.39 bits per heavy atom. The summed E-state index contributed by atoms with van der Waals surface area (Å²) >= 11 is 0. The van der Waals surface area contributed by atoms with E-state index in [4.69, 9.17) is 9.47 Å².